The molecule has 3 amide bonds. The normalized spacial score (nSPS) is 11.4. The molecule has 0 unspecified atom stereocenters. The molecule has 0 fully saturated rings. The lowest BCUT2D eigenvalue weighted by Crippen LogP contribution is -2.34. The van der Waals surface area contributed by atoms with Crippen LogP contribution in [0.4, 0.5) is 29.3 Å². The van der Waals surface area contributed by atoms with E-state index in [9.17, 15) is 31.2 Å². The summed E-state index contributed by atoms with van der Waals surface area (Å²) in [5, 5.41) is 4.71. The summed E-state index contributed by atoms with van der Waals surface area (Å²) in [6, 6.07) is 10.8. The topological polar surface area (TPSA) is 139 Å². The molecule has 0 bridgehead atoms. The van der Waals surface area contributed by atoms with Crippen LogP contribution in [0.25, 0.3) is 0 Å². The molecule has 190 valence electrons. The second kappa shape index (κ2) is 10.5. The quantitative estimate of drug-likeness (QED) is 0.344. The summed E-state index contributed by atoms with van der Waals surface area (Å²) >= 11 is 0. The van der Waals surface area contributed by atoms with Crippen LogP contribution in [-0.4, -0.2) is 37.9 Å². The Labute approximate surface area is 203 Å². The first-order valence-electron chi connectivity index (χ1n) is 10.1. The van der Waals surface area contributed by atoms with Crippen molar-refractivity contribution in [3.8, 4) is 11.5 Å². The minimum atomic E-state index is -5.56. The number of benzene rings is 2. The number of sulfone groups is 1. The largest absolute Gasteiger partial charge is 0.501 e. The number of hydrogen-bond acceptors (Lipinski definition) is 7. The van der Waals surface area contributed by atoms with Crippen LogP contribution in [-0.2, 0) is 9.84 Å². The third-order valence-corrected chi connectivity index (χ3v) is 6.20. The van der Waals surface area contributed by atoms with Gasteiger partial charge >= 0.3 is 11.5 Å². The number of pyridine rings is 1. The van der Waals surface area contributed by atoms with E-state index >= 15 is 0 Å². The molecule has 0 saturated heterocycles. The first-order chi connectivity index (χ1) is 16.9. The monoisotopic (exact) mass is 523 g/mol. The second-order valence-electron chi connectivity index (χ2n) is 7.17. The summed E-state index contributed by atoms with van der Waals surface area (Å²) in [5.41, 5.74) is 0.484. The van der Waals surface area contributed by atoms with E-state index in [1.807, 2.05) is 0 Å². The molecule has 0 aliphatic rings. The molecule has 0 saturated carbocycles. The number of rotatable bonds is 7. The Morgan fingerprint density at radius 3 is 2.44 bits per heavy atom. The van der Waals surface area contributed by atoms with Gasteiger partial charge in [0.2, 0.25) is 0 Å². The van der Waals surface area contributed by atoms with Crippen LogP contribution in [0.5, 0.6) is 11.5 Å². The van der Waals surface area contributed by atoms with Gasteiger partial charge in [0.25, 0.3) is 15.7 Å². The van der Waals surface area contributed by atoms with Gasteiger partial charge in [-0.2, -0.15) is 13.2 Å². The molecule has 0 aliphatic heterocycles. The standard InChI is InChI=1S/C22H20F3N5O5S/c1-13-17(7-4-8-19(13)35-15-9-10-27-18(12-15)20(31)26-2)29-30-21(32)28-14-5-3-6-16(11-14)36(33,34)22(23,24)25/h3-12,29H,1-2H3,(H,26,31)(H2,28,30,32). The predicted octanol–water partition coefficient (Wildman–Crippen LogP) is 3.98. The van der Waals surface area contributed by atoms with Crippen molar-refractivity contribution < 1.29 is 35.9 Å². The van der Waals surface area contributed by atoms with Gasteiger partial charge in [-0.15, -0.1) is 0 Å². The third kappa shape index (κ3) is 6.02. The number of hydrogen-bond donors (Lipinski definition) is 4. The predicted molar refractivity (Wildman–Crippen MR) is 124 cm³/mol. The Morgan fingerprint density at radius 2 is 1.75 bits per heavy atom. The summed E-state index contributed by atoms with van der Waals surface area (Å²) in [7, 11) is -4.09. The van der Waals surface area contributed by atoms with Crippen molar-refractivity contribution in [3.05, 3.63) is 72.1 Å². The molecule has 0 radical (unpaired) electrons. The molecule has 10 nitrogen and oxygen atoms in total. The summed E-state index contributed by atoms with van der Waals surface area (Å²) < 4.78 is 67.3. The van der Waals surface area contributed by atoms with Crippen LogP contribution in [0.2, 0.25) is 0 Å². The fraction of sp³-hybridized carbons (Fsp3) is 0.136. The van der Waals surface area contributed by atoms with Crippen LogP contribution in [0, 0.1) is 6.92 Å². The molecule has 3 rings (SSSR count). The van der Waals surface area contributed by atoms with Crippen LogP contribution in [0.3, 0.4) is 0 Å². The Hall–Kier alpha value is -4.33. The lowest BCUT2D eigenvalue weighted by molar-refractivity contribution is -0.0436. The number of nitrogens with one attached hydrogen (secondary N) is 4. The maximum absolute atomic E-state index is 12.8. The Bertz CT molecular complexity index is 1400. The summed E-state index contributed by atoms with van der Waals surface area (Å²) in [5.74, 6) is 0.369. The molecule has 0 atom stereocenters. The van der Waals surface area contributed by atoms with Gasteiger partial charge in [-0.3, -0.25) is 20.6 Å². The van der Waals surface area contributed by atoms with E-state index in [2.05, 4.69) is 26.5 Å². The minimum absolute atomic E-state index is 0.160. The number of halogens is 3. The molecule has 2 aromatic carbocycles. The fourth-order valence-corrected chi connectivity index (χ4v) is 3.68. The van der Waals surface area contributed by atoms with E-state index in [0.717, 1.165) is 12.1 Å². The molecule has 1 heterocycles. The lowest BCUT2D eigenvalue weighted by atomic mass is 10.2. The van der Waals surface area contributed by atoms with Gasteiger partial charge in [0.05, 0.1) is 10.6 Å². The molecule has 36 heavy (non-hydrogen) atoms. The number of carbonyl (C=O) groups excluding carboxylic acids is 2. The highest BCUT2D eigenvalue weighted by Gasteiger charge is 2.46. The van der Waals surface area contributed by atoms with Gasteiger partial charge in [0.1, 0.15) is 17.2 Å². The number of nitrogens with zero attached hydrogens (tertiary/aromatic N) is 1. The molecule has 1 aromatic heterocycles. The van der Waals surface area contributed by atoms with Gasteiger partial charge in [0, 0.05) is 30.6 Å². The van der Waals surface area contributed by atoms with Gasteiger partial charge in [-0.05, 0) is 43.3 Å². The molecular formula is C22H20F3N5O5S. The van der Waals surface area contributed by atoms with E-state index in [4.69, 9.17) is 4.74 Å². The van der Waals surface area contributed by atoms with Gasteiger partial charge in [-0.1, -0.05) is 12.1 Å². The number of alkyl halides is 3. The Balaban J connectivity index is 1.68. The minimum Gasteiger partial charge on any atom is -0.457 e. The van der Waals surface area contributed by atoms with Crippen molar-refractivity contribution in [1.82, 2.24) is 15.7 Å². The van der Waals surface area contributed by atoms with E-state index in [1.54, 1.807) is 31.2 Å². The van der Waals surface area contributed by atoms with Crippen molar-refractivity contribution in [2.75, 3.05) is 17.8 Å². The van der Waals surface area contributed by atoms with Crippen LogP contribution in [0.15, 0.2) is 65.7 Å². The highest BCUT2D eigenvalue weighted by Crippen LogP contribution is 2.32. The number of aromatic nitrogens is 1. The number of ether oxygens (including phenoxy) is 1. The van der Waals surface area contributed by atoms with Crippen LogP contribution in [0.1, 0.15) is 16.1 Å². The zero-order valence-corrected chi connectivity index (χ0v) is 19.6. The highest BCUT2D eigenvalue weighted by molar-refractivity contribution is 7.92. The van der Waals surface area contributed by atoms with Crippen molar-refractivity contribution in [2.24, 2.45) is 0 Å². The van der Waals surface area contributed by atoms with Crippen molar-refractivity contribution >= 4 is 33.2 Å². The number of urea groups is 1. The lowest BCUT2D eigenvalue weighted by Gasteiger charge is -2.15. The zero-order valence-electron chi connectivity index (χ0n) is 18.8. The summed E-state index contributed by atoms with van der Waals surface area (Å²) in [6.45, 7) is 1.70. The molecule has 4 N–H and O–H groups in total. The van der Waals surface area contributed by atoms with E-state index in [1.165, 1.54) is 25.4 Å². The van der Waals surface area contributed by atoms with E-state index < -0.39 is 26.3 Å². The average molecular weight is 523 g/mol. The summed E-state index contributed by atoms with van der Waals surface area (Å²) in [6.07, 6.45) is 1.41. The van der Waals surface area contributed by atoms with Crippen molar-refractivity contribution in [1.29, 1.82) is 0 Å². The molecule has 0 aliphatic carbocycles. The number of hydrazine groups is 1. The van der Waals surface area contributed by atoms with Crippen molar-refractivity contribution in [3.63, 3.8) is 0 Å². The molecule has 3 aromatic rings. The third-order valence-electron chi connectivity index (χ3n) is 4.72. The first-order valence-corrected chi connectivity index (χ1v) is 11.6. The number of carbonyl (C=O) groups is 2. The number of amides is 3. The number of anilines is 2. The fourth-order valence-electron chi connectivity index (χ4n) is 2.88. The van der Waals surface area contributed by atoms with Gasteiger partial charge in [0.15, 0.2) is 0 Å². The van der Waals surface area contributed by atoms with Gasteiger partial charge in [-0.25, -0.2) is 13.2 Å². The SMILES string of the molecule is CNC(=O)c1cc(Oc2cccc(NNC(=O)Nc3cccc(S(=O)(=O)C(F)(F)F)c3)c2C)ccn1. The zero-order chi connectivity index (χ0) is 26.5. The van der Waals surface area contributed by atoms with Gasteiger partial charge < -0.3 is 15.4 Å². The maximum Gasteiger partial charge on any atom is 0.501 e. The van der Waals surface area contributed by atoms with Crippen LogP contribution < -0.4 is 26.2 Å². The Morgan fingerprint density at radius 1 is 1.03 bits per heavy atom. The van der Waals surface area contributed by atoms with E-state index in [-0.39, 0.29) is 17.3 Å². The smallest absolute Gasteiger partial charge is 0.457 e. The van der Waals surface area contributed by atoms with Crippen LogP contribution >= 0.6 is 0 Å². The Kier molecular flexibility index (Phi) is 7.68. The highest BCUT2D eigenvalue weighted by atomic mass is 32.2. The summed E-state index contributed by atoms with van der Waals surface area (Å²) in [4.78, 5) is 26.9. The molecular weight excluding hydrogens is 503 g/mol. The molecule has 0 spiro atoms. The van der Waals surface area contributed by atoms with E-state index in [0.29, 0.717) is 28.8 Å². The maximum atomic E-state index is 12.8. The van der Waals surface area contributed by atoms with Crippen molar-refractivity contribution in [2.45, 2.75) is 17.3 Å². The average Bonchev–Trinajstić information content (AvgIpc) is 2.83. The second-order valence-corrected chi connectivity index (χ2v) is 9.11. The molecule has 14 heteroatoms. The first kappa shape index (κ1) is 26.3.